The van der Waals surface area contributed by atoms with Gasteiger partial charge in [-0.1, -0.05) is 24.3 Å². The molecule has 0 spiro atoms. The van der Waals surface area contributed by atoms with Crippen molar-refractivity contribution in [2.24, 2.45) is 4.99 Å². The van der Waals surface area contributed by atoms with Gasteiger partial charge in [0.15, 0.2) is 11.5 Å². The fourth-order valence-corrected chi connectivity index (χ4v) is 4.92. The average molecular weight is 524 g/mol. The van der Waals surface area contributed by atoms with Gasteiger partial charge in [0.1, 0.15) is 23.5 Å². The molecule has 2 heterocycles. The van der Waals surface area contributed by atoms with Crippen molar-refractivity contribution in [2.75, 3.05) is 20.6 Å². The van der Waals surface area contributed by atoms with Crippen LogP contribution < -0.4 is 10.1 Å². The average Bonchev–Trinajstić information content (AvgIpc) is 3.34. The molecule has 1 fully saturated rings. The zero-order valence-electron chi connectivity index (χ0n) is 22.3. The van der Waals surface area contributed by atoms with E-state index >= 15 is 0 Å². The summed E-state index contributed by atoms with van der Waals surface area (Å²) in [5.41, 5.74) is 2.43. The Morgan fingerprint density at radius 1 is 1.08 bits per heavy atom. The van der Waals surface area contributed by atoms with Gasteiger partial charge in [-0.3, -0.25) is 4.79 Å². The molecule has 9 nitrogen and oxygen atoms in total. The summed E-state index contributed by atoms with van der Waals surface area (Å²) >= 11 is 0. The lowest BCUT2D eigenvalue weighted by Crippen LogP contribution is -2.37. The number of para-hydroxylation sites is 1. The van der Waals surface area contributed by atoms with E-state index in [1.807, 2.05) is 84.4 Å². The van der Waals surface area contributed by atoms with E-state index < -0.39 is 0 Å². The smallest absolute Gasteiger partial charge is 0.243 e. The van der Waals surface area contributed by atoms with Crippen molar-refractivity contribution in [3.8, 4) is 22.8 Å². The first-order valence-electron chi connectivity index (χ1n) is 13.2. The van der Waals surface area contributed by atoms with Gasteiger partial charge in [0.25, 0.3) is 0 Å². The van der Waals surface area contributed by atoms with Gasteiger partial charge in [-0.15, -0.1) is 0 Å². The Labute approximate surface area is 228 Å². The molecule has 200 valence electrons. The van der Waals surface area contributed by atoms with E-state index in [4.69, 9.17) is 9.84 Å². The zero-order chi connectivity index (χ0) is 27.2. The number of rotatable bonds is 9. The van der Waals surface area contributed by atoms with Crippen molar-refractivity contribution < 1.29 is 9.53 Å². The third-order valence-electron chi connectivity index (χ3n) is 6.85. The quantitative estimate of drug-likeness (QED) is 0.235. The maximum atomic E-state index is 12.3. The summed E-state index contributed by atoms with van der Waals surface area (Å²) in [7, 11) is 3.95. The maximum absolute atomic E-state index is 12.3. The minimum atomic E-state index is -0.0405. The summed E-state index contributed by atoms with van der Waals surface area (Å²) in [6.45, 7) is 4.46. The normalized spacial score (nSPS) is 17.5. The lowest BCUT2D eigenvalue weighted by molar-refractivity contribution is -0.117. The number of carbonyl (C=O) groups is 1. The second-order valence-corrected chi connectivity index (χ2v) is 9.97. The number of nitrogens with one attached hydrogen (secondary N) is 1. The van der Waals surface area contributed by atoms with Crippen molar-refractivity contribution in [3.05, 3.63) is 73.1 Å². The molecule has 1 aliphatic carbocycles. The number of likely N-dealkylation sites (N-methyl/N-ethyl adjacent to an activating group) is 1. The summed E-state index contributed by atoms with van der Waals surface area (Å²) < 4.78 is 7.96. The SMILES string of the molecule is C=Nc1ncnc2c1c(-c1ccc(Oc3ccccc3)cc1)nn2C1CCC(NC(=O)/C=C/CN(C)C)CC1. The highest BCUT2D eigenvalue weighted by Crippen LogP contribution is 2.38. The molecular weight excluding hydrogens is 490 g/mol. The van der Waals surface area contributed by atoms with E-state index in [0.29, 0.717) is 5.82 Å². The van der Waals surface area contributed by atoms with Gasteiger partial charge in [0, 0.05) is 24.2 Å². The number of ether oxygens (including phenoxy) is 1. The van der Waals surface area contributed by atoms with Gasteiger partial charge in [0.05, 0.1) is 11.4 Å². The molecule has 0 unspecified atom stereocenters. The van der Waals surface area contributed by atoms with Crippen LogP contribution in [0.1, 0.15) is 31.7 Å². The second-order valence-electron chi connectivity index (χ2n) is 9.97. The fraction of sp³-hybridized carbons (Fsp3) is 0.300. The predicted octanol–water partition coefficient (Wildman–Crippen LogP) is 5.34. The largest absolute Gasteiger partial charge is 0.457 e. The van der Waals surface area contributed by atoms with E-state index in [1.165, 1.54) is 6.33 Å². The number of hydrogen-bond donors (Lipinski definition) is 1. The summed E-state index contributed by atoms with van der Waals surface area (Å²) in [5, 5.41) is 8.95. The van der Waals surface area contributed by atoms with Crippen LogP contribution in [0, 0.1) is 0 Å². The Hall–Kier alpha value is -4.37. The van der Waals surface area contributed by atoms with Gasteiger partial charge >= 0.3 is 0 Å². The molecule has 4 aromatic rings. The Kier molecular flexibility index (Phi) is 8.07. The third-order valence-corrected chi connectivity index (χ3v) is 6.85. The molecule has 1 N–H and O–H groups in total. The van der Waals surface area contributed by atoms with Crippen molar-refractivity contribution in [1.82, 2.24) is 30.0 Å². The standard InChI is InChI=1S/C30H33N7O2/c1-31-29-27-28(21-11-17-25(18-12-21)39-24-8-5-4-6-9-24)35-37(30(27)33-20-32-29)23-15-13-22(14-16-23)34-26(38)10-7-19-36(2)3/h4-12,17-18,20,22-23H,1,13-16,19H2,2-3H3,(H,34,38)/b10-7+. The summed E-state index contributed by atoms with van der Waals surface area (Å²) in [6.07, 6.45) is 8.52. The number of carbonyl (C=O) groups excluding carboxylic acids is 1. The van der Waals surface area contributed by atoms with Gasteiger partial charge in [-0.05, 0) is 82.9 Å². The number of aromatic nitrogens is 4. The summed E-state index contributed by atoms with van der Waals surface area (Å²) in [5.74, 6) is 1.99. The Bertz CT molecular complexity index is 1450. The molecule has 2 aromatic carbocycles. The molecule has 0 saturated heterocycles. The van der Waals surface area contributed by atoms with E-state index in [9.17, 15) is 4.79 Å². The van der Waals surface area contributed by atoms with E-state index in [-0.39, 0.29) is 18.0 Å². The Morgan fingerprint density at radius 3 is 2.49 bits per heavy atom. The molecule has 0 aliphatic heterocycles. The van der Waals surface area contributed by atoms with Crippen LogP contribution in [0.4, 0.5) is 5.82 Å². The molecule has 0 radical (unpaired) electrons. The second kappa shape index (κ2) is 12.0. The van der Waals surface area contributed by atoms with Crippen molar-refractivity contribution in [1.29, 1.82) is 0 Å². The number of aliphatic imine (C=N–C) groups is 1. The first kappa shape index (κ1) is 26.2. The zero-order valence-corrected chi connectivity index (χ0v) is 22.3. The summed E-state index contributed by atoms with van der Waals surface area (Å²) in [4.78, 5) is 27.4. The minimum Gasteiger partial charge on any atom is -0.457 e. The molecule has 0 atom stereocenters. The fourth-order valence-electron chi connectivity index (χ4n) is 4.92. The molecule has 1 amide bonds. The number of fused-ring (bicyclic) bond motifs is 1. The lowest BCUT2D eigenvalue weighted by Gasteiger charge is -2.29. The molecular formula is C30H33N7O2. The molecule has 1 saturated carbocycles. The molecule has 2 aromatic heterocycles. The number of amides is 1. The third kappa shape index (κ3) is 6.21. The first-order valence-corrected chi connectivity index (χ1v) is 13.2. The molecule has 39 heavy (non-hydrogen) atoms. The van der Waals surface area contributed by atoms with Crippen LogP contribution in [-0.2, 0) is 4.79 Å². The van der Waals surface area contributed by atoms with Crippen LogP contribution in [0.5, 0.6) is 11.5 Å². The van der Waals surface area contributed by atoms with Crippen LogP contribution in [0.25, 0.3) is 22.3 Å². The molecule has 5 rings (SSSR count). The van der Waals surface area contributed by atoms with Gasteiger partial charge in [-0.2, -0.15) is 5.10 Å². The van der Waals surface area contributed by atoms with Crippen LogP contribution in [-0.4, -0.2) is 64.0 Å². The van der Waals surface area contributed by atoms with Crippen molar-refractivity contribution in [3.63, 3.8) is 0 Å². The number of hydrogen-bond acceptors (Lipinski definition) is 7. The summed E-state index contributed by atoms with van der Waals surface area (Å²) in [6, 6.07) is 17.8. The first-order chi connectivity index (χ1) is 19.0. The Balaban J connectivity index is 1.34. The highest BCUT2D eigenvalue weighted by atomic mass is 16.5. The monoisotopic (exact) mass is 523 g/mol. The van der Waals surface area contributed by atoms with Crippen molar-refractivity contribution >= 4 is 29.5 Å². The lowest BCUT2D eigenvalue weighted by atomic mass is 9.91. The molecule has 0 bridgehead atoms. The highest BCUT2D eigenvalue weighted by molar-refractivity contribution is 5.98. The van der Waals surface area contributed by atoms with Crippen LogP contribution in [0.3, 0.4) is 0 Å². The van der Waals surface area contributed by atoms with Crippen LogP contribution >= 0.6 is 0 Å². The molecule has 9 heteroatoms. The Morgan fingerprint density at radius 2 is 1.79 bits per heavy atom. The van der Waals surface area contributed by atoms with Gasteiger partial charge in [-0.25, -0.2) is 19.6 Å². The van der Waals surface area contributed by atoms with E-state index in [2.05, 4.69) is 27.0 Å². The number of nitrogens with zero attached hydrogens (tertiary/aromatic N) is 6. The topological polar surface area (TPSA) is 97.5 Å². The van der Waals surface area contributed by atoms with Gasteiger partial charge < -0.3 is 15.0 Å². The van der Waals surface area contributed by atoms with Crippen LogP contribution in [0.2, 0.25) is 0 Å². The van der Waals surface area contributed by atoms with E-state index in [1.54, 1.807) is 6.08 Å². The highest BCUT2D eigenvalue weighted by Gasteiger charge is 2.27. The minimum absolute atomic E-state index is 0.0405. The van der Waals surface area contributed by atoms with Crippen LogP contribution in [0.15, 0.2) is 78.1 Å². The van der Waals surface area contributed by atoms with Gasteiger partial charge in [0.2, 0.25) is 5.91 Å². The number of benzene rings is 2. The predicted molar refractivity (Wildman–Crippen MR) is 154 cm³/mol. The van der Waals surface area contributed by atoms with Crippen molar-refractivity contribution in [2.45, 2.75) is 37.8 Å². The van der Waals surface area contributed by atoms with E-state index in [0.717, 1.165) is 66.0 Å². The molecule has 1 aliphatic rings. The maximum Gasteiger partial charge on any atom is 0.243 e.